The maximum absolute atomic E-state index is 12.3. The molecule has 0 saturated heterocycles. The Morgan fingerprint density at radius 3 is 2.88 bits per heavy atom. The lowest BCUT2D eigenvalue weighted by Crippen LogP contribution is -2.11. The first-order valence-electron chi connectivity index (χ1n) is 7.37. The third-order valence-electron chi connectivity index (χ3n) is 3.52. The largest absolute Gasteiger partial charge is 0.454 e. The number of rotatable bonds is 5. The average Bonchev–Trinajstić information content (AvgIpc) is 3.18. The number of aromatic nitrogens is 2. The fourth-order valence-corrected chi connectivity index (χ4v) is 2.88. The summed E-state index contributed by atoms with van der Waals surface area (Å²) in [5.74, 6) is -0.164. The molecule has 0 aliphatic heterocycles. The molecule has 0 saturated carbocycles. The van der Waals surface area contributed by atoms with Crippen LogP contribution in [-0.2, 0) is 6.54 Å². The molecule has 2 aromatic heterocycles. The van der Waals surface area contributed by atoms with Gasteiger partial charge in [0.1, 0.15) is 16.8 Å². The van der Waals surface area contributed by atoms with Gasteiger partial charge in [-0.3, -0.25) is 4.79 Å². The van der Waals surface area contributed by atoms with E-state index in [4.69, 9.17) is 16.0 Å². The predicted octanol–water partition coefficient (Wildman–Crippen LogP) is 4.41. The van der Waals surface area contributed by atoms with Crippen LogP contribution in [0.25, 0.3) is 0 Å². The van der Waals surface area contributed by atoms with E-state index in [1.54, 1.807) is 24.3 Å². The smallest absolute Gasteiger partial charge is 0.404 e. The summed E-state index contributed by atoms with van der Waals surface area (Å²) in [4.78, 5) is 22.6. The first kappa shape index (κ1) is 18.2. The minimum atomic E-state index is -0.588. The van der Waals surface area contributed by atoms with E-state index in [0.29, 0.717) is 16.5 Å². The highest BCUT2D eigenvalue weighted by Crippen LogP contribution is 2.24. The summed E-state index contributed by atoms with van der Waals surface area (Å²) in [6.07, 6.45) is 1.47. The highest BCUT2D eigenvalue weighted by molar-refractivity contribution is 9.10. The van der Waals surface area contributed by atoms with E-state index in [0.717, 1.165) is 5.56 Å². The minimum Gasteiger partial charge on any atom is -0.454 e. The average molecular weight is 440 g/mol. The normalized spacial score (nSPS) is 10.7. The van der Waals surface area contributed by atoms with Gasteiger partial charge in [-0.15, -0.1) is 0 Å². The minimum absolute atomic E-state index is 0.111. The van der Waals surface area contributed by atoms with Gasteiger partial charge in [0.2, 0.25) is 0 Å². The van der Waals surface area contributed by atoms with Crippen molar-refractivity contribution in [3.8, 4) is 0 Å². The van der Waals surface area contributed by atoms with Gasteiger partial charge in [0.05, 0.1) is 11.3 Å². The molecule has 2 heterocycles. The Bertz CT molecular complexity index is 998. The lowest BCUT2D eigenvalue weighted by atomic mass is 10.2. The van der Waals surface area contributed by atoms with Crippen molar-refractivity contribution >= 4 is 44.9 Å². The van der Waals surface area contributed by atoms with Gasteiger partial charge in [0.15, 0.2) is 5.76 Å². The first-order valence-corrected chi connectivity index (χ1v) is 8.54. The Morgan fingerprint density at radius 2 is 2.19 bits per heavy atom. The van der Waals surface area contributed by atoms with Gasteiger partial charge in [-0.05, 0) is 57.6 Å². The van der Waals surface area contributed by atoms with Crippen LogP contribution in [0.1, 0.15) is 21.9 Å². The predicted molar refractivity (Wildman–Crippen MR) is 98.5 cm³/mol. The Hall–Kier alpha value is -2.65. The molecule has 26 heavy (non-hydrogen) atoms. The first-order chi connectivity index (χ1) is 12.3. The van der Waals surface area contributed by atoms with Crippen LogP contribution in [0.4, 0.5) is 11.5 Å². The maximum Gasteiger partial charge on any atom is 0.404 e. The van der Waals surface area contributed by atoms with Crippen molar-refractivity contribution in [2.24, 2.45) is 0 Å². The lowest BCUT2D eigenvalue weighted by Gasteiger charge is -2.07. The second-order valence-electron chi connectivity index (χ2n) is 5.43. The van der Waals surface area contributed by atoms with E-state index in [-0.39, 0.29) is 22.6 Å². The number of benzene rings is 1. The maximum atomic E-state index is 12.3. The number of carbonyl (C=O) groups excluding carboxylic acids is 1. The molecular formula is C16H12BrClN4O4. The number of nitrogens with zero attached hydrogens (tertiary/aromatic N) is 3. The molecular weight excluding hydrogens is 428 g/mol. The lowest BCUT2D eigenvalue weighted by molar-refractivity contribution is -0.390. The molecule has 0 bridgehead atoms. The van der Waals surface area contributed by atoms with E-state index in [1.165, 1.54) is 16.9 Å². The Balaban J connectivity index is 1.73. The third-order valence-corrected chi connectivity index (χ3v) is 4.32. The van der Waals surface area contributed by atoms with E-state index in [1.807, 2.05) is 6.92 Å². The van der Waals surface area contributed by atoms with Crippen molar-refractivity contribution in [3.05, 3.63) is 73.2 Å². The van der Waals surface area contributed by atoms with Crippen molar-refractivity contribution in [2.45, 2.75) is 13.5 Å². The molecule has 0 fully saturated rings. The van der Waals surface area contributed by atoms with Crippen LogP contribution in [0.2, 0.25) is 5.02 Å². The molecule has 0 spiro atoms. The number of amides is 1. The summed E-state index contributed by atoms with van der Waals surface area (Å²) >= 11 is 9.02. The van der Waals surface area contributed by atoms with Crippen LogP contribution in [0.5, 0.6) is 0 Å². The number of hydrogen-bond donors (Lipinski definition) is 1. The van der Waals surface area contributed by atoms with Crippen molar-refractivity contribution in [3.63, 3.8) is 0 Å². The number of anilines is 1. The zero-order valence-electron chi connectivity index (χ0n) is 13.4. The second-order valence-corrected chi connectivity index (χ2v) is 6.73. The van der Waals surface area contributed by atoms with Gasteiger partial charge in [-0.1, -0.05) is 17.7 Å². The van der Waals surface area contributed by atoms with Crippen molar-refractivity contribution < 1.29 is 14.1 Å². The molecule has 134 valence electrons. The number of nitrogens with one attached hydrogen (secondary N) is 1. The zero-order valence-corrected chi connectivity index (χ0v) is 15.7. The van der Waals surface area contributed by atoms with E-state index < -0.39 is 10.8 Å². The molecule has 10 heteroatoms. The molecule has 1 aromatic carbocycles. The van der Waals surface area contributed by atoms with Crippen LogP contribution in [0.15, 0.2) is 45.4 Å². The summed E-state index contributed by atoms with van der Waals surface area (Å²) in [5.41, 5.74) is 1.45. The van der Waals surface area contributed by atoms with Crippen LogP contribution in [0.3, 0.4) is 0 Å². The summed E-state index contributed by atoms with van der Waals surface area (Å²) in [5, 5.41) is 17.9. The Kier molecular flexibility index (Phi) is 5.10. The standard InChI is InChI=1S/C16H12BrClN4O4/c1-9-2-3-10(18)6-13(9)19-16(23)14-5-4-11(26-14)7-21-8-12(17)15(20-21)22(24)25/h2-6,8H,7H2,1H3,(H,19,23). The van der Waals surface area contributed by atoms with Crippen LogP contribution in [0, 0.1) is 17.0 Å². The molecule has 0 radical (unpaired) electrons. The van der Waals surface area contributed by atoms with Gasteiger partial charge in [-0.2, -0.15) is 4.68 Å². The number of aryl methyl sites for hydroxylation is 1. The zero-order chi connectivity index (χ0) is 18.8. The summed E-state index contributed by atoms with van der Waals surface area (Å²) < 4.78 is 7.13. The third kappa shape index (κ3) is 3.94. The molecule has 1 amide bonds. The molecule has 0 aliphatic carbocycles. The van der Waals surface area contributed by atoms with Crippen molar-refractivity contribution in [2.75, 3.05) is 5.32 Å². The van der Waals surface area contributed by atoms with Crippen LogP contribution < -0.4 is 5.32 Å². The highest BCUT2D eigenvalue weighted by atomic mass is 79.9. The van der Waals surface area contributed by atoms with Crippen molar-refractivity contribution in [1.29, 1.82) is 0 Å². The molecule has 3 rings (SSSR count). The molecule has 0 atom stereocenters. The molecule has 1 N–H and O–H groups in total. The number of carbonyl (C=O) groups is 1. The number of furan rings is 1. The van der Waals surface area contributed by atoms with Gasteiger partial charge >= 0.3 is 5.82 Å². The molecule has 0 aliphatic rings. The van der Waals surface area contributed by atoms with Gasteiger partial charge in [-0.25, -0.2) is 0 Å². The Labute approximate surface area is 161 Å². The fraction of sp³-hybridized carbons (Fsp3) is 0.125. The quantitative estimate of drug-likeness (QED) is 0.468. The number of halogens is 2. The molecule has 8 nitrogen and oxygen atoms in total. The van der Waals surface area contributed by atoms with Crippen LogP contribution in [-0.4, -0.2) is 20.6 Å². The van der Waals surface area contributed by atoms with Crippen molar-refractivity contribution in [1.82, 2.24) is 9.78 Å². The summed E-state index contributed by atoms with van der Waals surface area (Å²) in [6.45, 7) is 2.00. The highest BCUT2D eigenvalue weighted by Gasteiger charge is 2.20. The molecule has 3 aromatic rings. The molecule has 0 unspecified atom stereocenters. The van der Waals surface area contributed by atoms with Crippen LogP contribution >= 0.6 is 27.5 Å². The number of hydrogen-bond acceptors (Lipinski definition) is 5. The summed E-state index contributed by atoms with van der Waals surface area (Å²) in [6, 6.07) is 8.32. The Morgan fingerprint density at radius 1 is 1.42 bits per heavy atom. The van der Waals surface area contributed by atoms with E-state index in [9.17, 15) is 14.9 Å². The van der Waals surface area contributed by atoms with E-state index in [2.05, 4.69) is 26.3 Å². The topological polar surface area (TPSA) is 103 Å². The van der Waals surface area contributed by atoms with Gasteiger partial charge < -0.3 is 19.8 Å². The second kappa shape index (κ2) is 7.30. The number of nitro groups is 1. The van der Waals surface area contributed by atoms with Gasteiger partial charge in [0.25, 0.3) is 5.91 Å². The van der Waals surface area contributed by atoms with E-state index >= 15 is 0 Å². The SMILES string of the molecule is Cc1ccc(Cl)cc1NC(=O)c1ccc(Cn2cc(Br)c([N+](=O)[O-])n2)o1. The summed E-state index contributed by atoms with van der Waals surface area (Å²) in [7, 11) is 0. The fourth-order valence-electron chi connectivity index (χ4n) is 2.25. The van der Waals surface area contributed by atoms with Gasteiger partial charge in [0, 0.05) is 10.7 Å². The monoisotopic (exact) mass is 438 g/mol.